The molecule has 9 heteroatoms. The fraction of sp³-hybridized carbons (Fsp3) is 0.333. The fourth-order valence-electron chi connectivity index (χ4n) is 1.33. The van der Waals surface area contributed by atoms with Gasteiger partial charge in [0.2, 0.25) is 0 Å². The van der Waals surface area contributed by atoms with E-state index in [-0.39, 0.29) is 0 Å². The van der Waals surface area contributed by atoms with Crippen LogP contribution in [0.3, 0.4) is 0 Å². The van der Waals surface area contributed by atoms with Gasteiger partial charge >= 0.3 is 11.9 Å². The average molecular weight is 312 g/mol. The number of carboxylic acid groups (broad SMARTS) is 2. The summed E-state index contributed by atoms with van der Waals surface area (Å²) in [6, 6.07) is 2.05. The van der Waals surface area contributed by atoms with Gasteiger partial charge in [-0.15, -0.1) is 11.3 Å². The Kier molecular flexibility index (Phi) is 6.50. The summed E-state index contributed by atoms with van der Waals surface area (Å²) in [5, 5.41) is 21.3. The zero-order valence-electron chi connectivity index (χ0n) is 11.6. The molecule has 0 bridgehead atoms. The quantitative estimate of drug-likeness (QED) is 0.711. The van der Waals surface area contributed by atoms with E-state index in [1.807, 2.05) is 5.38 Å². The highest BCUT2D eigenvalue weighted by Gasteiger charge is 2.04. The summed E-state index contributed by atoms with van der Waals surface area (Å²) in [6.07, 6.45) is 1.61. The van der Waals surface area contributed by atoms with Gasteiger partial charge in [-0.25, -0.2) is 19.6 Å². The number of aliphatic carboxylic acids is 2. The lowest BCUT2D eigenvalue weighted by Gasteiger charge is -2.10. The first-order valence-corrected chi connectivity index (χ1v) is 6.82. The summed E-state index contributed by atoms with van der Waals surface area (Å²) in [6.45, 7) is 1.89. The summed E-state index contributed by atoms with van der Waals surface area (Å²) in [4.78, 5) is 29.8. The molecule has 0 unspecified atom stereocenters. The van der Waals surface area contributed by atoms with Crippen LogP contribution in [0.1, 0.15) is 0 Å². The van der Waals surface area contributed by atoms with Crippen LogP contribution in [0.5, 0.6) is 0 Å². The number of hydrogen-bond donors (Lipinski definition) is 3. The molecule has 0 fully saturated rings. The van der Waals surface area contributed by atoms with Crippen molar-refractivity contribution in [2.45, 2.75) is 0 Å². The molecular formula is C12H16N4O4S. The number of carbonyl (C=O) groups is 2. The number of anilines is 1. The van der Waals surface area contributed by atoms with E-state index in [2.05, 4.69) is 40.3 Å². The lowest BCUT2D eigenvalue weighted by atomic mass is 10.4. The third-order valence-corrected chi connectivity index (χ3v) is 3.12. The van der Waals surface area contributed by atoms with Gasteiger partial charge in [0.05, 0.1) is 5.39 Å². The van der Waals surface area contributed by atoms with Crippen LogP contribution < -0.4 is 5.32 Å². The van der Waals surface area contributed by atoms with Gasteiger partial charge in [0.25, 0.3) is 0 Å². The van der Waals surface area contributed by atoms with Crippen molar-refractivity contribution in [3.63, 3.8) is 0 Å². The molecule has 0 amide bonds. The molecule has 2 heterocycles. The van der Waals surface area contributed by atoms with Crippen LogP contribution in [0, 0.1) is 0 Å². The van der Waals surface area contributed by atoms with Gasteiger partial charge in [-0.1, -0.05) is 0 Å². The first-order chi connectivity index (χ1) is 9.91. The normalized spacial score (nSPS) is 10.0. The number of fused-ring (bicyclic) bond motifs is 1. The number of carboxylic acids is 2. The SMILES string of the molecule is CN(C)CCNc1ncnc2sccc12.O=C(O)C(=O)O. The van der Waals surface area contributed by atoms with Gasteiger partial charge < -0.3 is 20.4 Å². The van der Waals surface area contributed by atoms with Crippen LogP contribution in [0.4, 0.5) is 5.82 Å². The highest BCUT2D eigenvalue weighted by Crippen LogP contribution is 2.23. The number of rotatable bonds is 4. The first kappa shape index (κ1) is 16.8. The predicted octanol–water partition coefficient (Wildman–Crippen LogP) is 0.820. The third-order valence-electron chi connectivity index (χ3n) is 2.30. The molecule has 0 saturated carbocycles. The average Bonchev–Trinajstić information content (AvgIpc) is 2.88. The van der Waals surface area contributed by atoms with E-state index >= 15 is 0 Å². The Labute approximate surface area is 125 Å². The molecule has 0 spiro atoms. The number of nitrogens with one attached hydrogen (secondary N) is 1. The van der Waals surface area contributed by atoms with E-state index in [1.54, 1.807) is 17.7 Å². The molecule has 2 aromatic rings. The van der Waals surface area contributed by atoms with Crippen LogP contribution in [-0.2, 0) is 9.59 Å². The van der Waals surface area contributed by atoms with Gasteiger partial charge in [-0.05, 0) is 25.5 Å². The Morgan fingerprint density at radius 3 is 2.52 bits per heavy atom. The highest BCUT2D eigenvalue weighted by atomic mass is 32.1. The van der Waals surface area contributed by atoms with Crippen molar-refractivity contribution < 1.29 is 19.8 Å². The van der Waals surface area contributed by atoms with Crippen molar-refractivity contribution in [1.29, 1.82) is 0 Å². The Hall–Kier alpha value is -2.26. The first-order valence-electron chi connectivity index (χ1n) is 5.95. The summed E-state index contributed by atoms with van der Waals surface area (Å²) >= 11 is 1.64. The van der Waals surface area contributed by atoms with Crippen LogP contribution >= 0.6 is 11.3 Å². The summed E-state index contributed by atoms with van der Waals surface area (Å²) in [5.74, 6) is -2.71. The molecule has 114 valence electrons. The fourth-order valence-corrected chi connectivity index (χ4v) is 2.06. The maximum absolute atomic E-state index is 9.10. The molecule has 0 radical (unpaired) electrons. The van der Waals surface area contributed by atoms with E-state index < -0.39 is 11.9 Å². The molecule has 0 saturated heterocycles. The molecule has 0 aromatic carbocycles. The zero-order chi connectivity index (χ0) is 15.8. The molecule has 8 nitrogen and oxygen atoms in total. The van der Waals surface area contributed by atoms with Gasteiger partial charge in [0.1, 0.15) is 17.0 Å². The van der Waals surface area contributed by atoms with Gasteiger partial charge in [0, 0.05) is 13.1 Å². The monoisotopic (exact) mass is 312 g/mol. The van der Waals surface area contributed by atoms with E-state index in [1.165, 1.54) is 0 Å². The molecule has 21 heavy (non-hydrogen) atoms. The Morgan fingerprint density at radius 2 is 1.95 bits per heavy atom. The number of thiophene rings is 1. The van der Waals surface area contributed by atoms with E-state index in [4.69, 9.17) is 19.8 Å². The number of nitrogens with zero attached hydrogens (tertiary/aromatic N) is 3. The molecule has 0 aliphatic heterocycles. The van der Waals surface area contributed by atoms with Crippen molar-refractivity contribution in [2.75, 3.05) is 32.5 Å². The van der Waals surface area contributed by atoms with Gasteiger partial charge in [-0.2, -0.15) is 0 Å². The minimum Gasteiger partial charge on any atom is -0.473 e. The second-order valence-corrected chi connectivity index (χ2v) is 5.10. The Balaban J connectivity index is 0.000000315. The zero-order valence-corrected chi connectivity index (χ0v) is 12.4. The standard InChI is InChI=1S/C10H14N4S.C2H2O4/c1-14(2)5-4-11-9-8-3-6-15-10(8)13-7-12-9;3-1(4)2(5)6/h3,6-7H,4-5H2,1-2H3,(H,11,12,13);(H,3,4)(H,5,6). The van der Waals surface area contributed by atoms with Crippen molar-refractivity contribution in [2.24, 2.45) is 0 Å². The minimum absolute atomic E-state index is 0.898. The lowest BCUT2D eigenvalue weighted by Crippen LogP contribution is -2.21. The number of likely N-dealkylation sites (N-methyl/N-ethyl adjacent to an activating group) is 1. The van der Waals surface area contributed by atoms with Gasteiger partial charge in [-0.3, -0.25) is 0 Å². The van der Waals surface area contributed by atoms with Crippen molar-refractivity contribution in [1.82, 2.24) is 14.9 Å². The van der Waals surface area contributed by atoms with E-state index in [9.17, 15) is 0 Å². The van der Waals surface area contributed by atoms with Crippen LogP contribution in [0.15, 0.2) is 17.8 Å². The van der Waals surface area contributed by atoms with Crippen molar-refractivity contribution >= 4 is 39.3 Å². The molecule has 2 aromatic heterocycles. The van der Waals surface area contributed by atoms with E-state index in [0.717, 1.165) is 29.1 Å². The van der Waals surface area contributed by atoms with Gasteiger partial charge in [0.15, 0.2) is 0 Å². The second-order valence-electron chi connectivity index (χ2n) is 4.20. The topological polar surface area (TPSA) is 116 Å². The predicted molar refractivity (Wildman–Crippen MR) is 79.7 cm³/mol. The number of hydrogen-bond acceptors (Lipinski definition) is 7. The Bertz CT molecular complexity index is 602. The van der Waals surface area contributed by atoms with Crippen molar-refractivity contribution in [3.05, 3.63) is 17.8 Å². The summed E-state index contributed by atoms with van der Waals surface area (Å²) in [7, 11) is 4.11. The molecule has 2 rings (SSSR count). The largest absolute Gasteiger partial charge is 0.473 e. The van der Waals surface area contributed by atoms with Crippen molar-refractivity contribution in [3.8, 4) is 0 Å². The minimum atomic E-state index is -1.82. The lowest BCUT2D eigenvalue weighted by molar-refractivity contribution is -0.159. The molecular weight excluding hydrogens is 296 g/mol. The molecule has 3 N–H and O–H groups in total. The molecule has 0 aliphatic carbocycles. The highest BCUT2D eigenvalue weighted by molar-refractivity contribution is 7.16. The van der Waals surface area contributed by atoms with Crippen LogP contribution in [-0.4, -0.2) is 64.2 Å². The Morgan fingerprint density at radius 1 is 1.29 bits per heavy atom. The number of aromatic nitrogens is 2. The summed E-state index contributed by atoms with van der Waals surface area (Å²) < 4.78 is 0. The summed E-state index contributed by atoms with van der Waals surface area (Å²) in [5.41, 5.74) is 0. The molecule has 0 atom stereocenters. The van der Waals surface area contributed by atoms with Crippen LogP contribution in [0.2, 0.25) is 0 Å². The van der Waals surface area contributed by atoms with Crippen LogP contribution in [0.25, 0.3) is 10.2 Å². The third kappa shape index (κ3) is 5.71. The molecule has 0 aliphatic rings. The maximum atomic E-state index is 9.10. The smallest absolute Gasteiger partial charge is 0.414 e. The second kappa shape index (κ2) is 8.12. The maximum Gasteiger partial charge on any atom is 0.414 e. The van der Waals surface area contributed by atoms with E-state index in [0.29, 0.717) is 0 Å².